The van der Waals surface area contributed by atoms with Crippen LogP contribution in [-0.4, -0.2) is 28.4 Å². The number of carboxylic acids is 1. The van der Waals surface area contributed by atoms with Crippen LogP contribution in [0, 0.1) is 0 Å². The van der Waals surface area contributed by atoms with Gasteiger partial charge in [0.15, 0.2) is 11.5 Å². The molecule has 0 saturated carbocycles. The van der Waals surface area contributed by atoms with Crippen molar-refractivity contribution in [3.05, 3.63) is 59.3 Å². The predicted molar refractivity (Wildman–Crippen MR) is 112 cm³/mol. The number of ether oxygens (including phenoxy) is 2. The molecule has 1 aromatic heterocycles. The smallest absolute Gasteiger partial charge is 0.353 e. The molecule has 0 spiro atoms. The summed E-state index contributed by atoms with van der Waals surface area (Å²) in [6, 6.07) is 13.2. The minimum absolute atomic E-state index is 0.0340. The van der Waals surface area contributed by atoms with Gasteiger partial charge in [-0.3, -0.25) is 5.10 Å². The Bertz CT molecular complexity index is 995. The Morgan fingerprint density at radius 1 is 1.00 bits per heavy atom. The summed E-state index contributed by atoms with van der Waals surface area (Å²) >= 11 is 0. The topological polar surface area (TPSA) is 84.4 Å². The third-order valence-corrected chi connectivity index (χ3v) is 4.80. The van der Waals surface area contributed by atoms with Crippen LogP contribution in [0.25, 0.3) is 11.3 Å². The van der Waals surface area contributed by atoms with E-state index in [9.17, 15) is 4.79 Å². The molecular weight excluding hydrogens is 368 g/mol. The Balaban J connectivity index is 2.01. The monoisotopic (exact) mass is 394 g/mol. The van der Waals surface area contributed by atoms with Gasteiger partial charge >= 0.3 is 5.97 Å². The van der Waals surface area contributed by atoms with E-state index in [1.165, 1.54) is 6.07 Å². The molecule has 0 saturated heterocycles. The molecule has 1 heterocycles. The number of para-hydroxylation sites is 1. The van der Waals surface area contributed by atoms with Crippen molar-refractivity contribution in [1.29, 1.82) is 0 Å². The van der Waals surface area contributed by atoms with Gasteiger partial charge in [-0.2, -0.15) is 5.10 Å². The number of carboxylic acid groups (broad SMARTS) is 1. The molecule has 6 heteroatoms. The van der Waals surface area contributed by atoms with E-state index in [0.29, 0.717) is 29.0 Å². The summed E-state index contributed by atoms with van der Waals surface area (Å²) in [5.41, 5.74) is 3.57. The molecule has 0 fully saturated rings. The molecule has 0 radical (unpaired) electrons. The fraction of sp³-hybridized carbons (Fsp3) is 0.304. The second-order valence-corrected chi connectivity index (χ2v) is 7.51. The number of aromatic amines is 1. The Morgan fingerprint density at radius 2 is 1.66 bits per heavy atom. The summed E-state index contributed by atoms with van der Waals surface area (Å²) in [7, 11) is 1.58. The van der Waals surface area contributed by atoms with Gasteiger partial charge in [0.25, 0.3) is 0 Å². The summed E-state index contributed by atoms with van der Waals surface area (Å²) in [4.78, 5) is 11.1. The van der Waals surface area contributed by atoms with Crippen molar-refractivity contribution >= 4 is 5.97 Å². The van der Waals surface area contributed by atoms with E-state index in [1.54, 1.807) is 13.2 Å². The molecule has 3 aromatic rings. The summed E-state index contributed by atoms with van der Waals surface area (Å²) < 4.78 is 11.9. The van der Waals surface area contributed by atoms with Crippen LogP contribution in [-0.2, 0) is 0 Å². The zero-order valence-corrected chi connectivity index (χ0v) is 17.3. The van der Waals surface area contributed by atoms with E-state index in [0.717, 1.165) is 22.4 Å². The lowest BCUT2D eigenvalue weighted by molar-refractivity contribution is 0.0690. The molecule has 0 aliphatic rings. The molecule has 6 nitrogen and oxygen atoms in total. The van der Waals surface area contributed by atoms with Crippen LogP contribution < -0.4 is 9.47 Å². The van der Waals surface area contributed by atoms with Gasteiger partial charge in [0.2, 0.25) is 0 Å². The van der Waals surface area contributed by atoms with E-state index in [1.807, 2.05) is 12.1 Å². The first-order valence-corrected chi connectivity index (χ1v) is 9.59. The van der Waals surface area contributed by atoms with Crippen molar-refractivity contribution in [2.75, 3.05) is 7.11 Å². The van der Waals surface area contributed by atoms with Gasteiger partial charge in [-0.05, 0) is 47.2 Å². The molecule has 3 rings (SSSR count). The first kappa shape index (κ1) is 20.5. The molecule has 0 aliphatic heterocycles. The number of carbonyl (C=O) groups is 1. The quantitative estimate of drug-likeness (QED) is 0.527. The van der Waals surface area contributed by atoms with Crippen molar-refractivity contribution in [2.45, 2.75) is 39.5 Å². The average Bonchev–Trinajstić information content (AvgIpc) is 3.18. The number of aromatic nitrogens is 2. The highest BCUT2D eigenvalue weighted by Gasteiger charge is 2.18. The van der Waals surface area contributed by atoms with Crippen LogP contribution in [0.15, 0.2) is 42.5 Å². The number of aromatic carboxylic acids is 1. The molecule has 0 atom stereocenters. The minimum Gasteiger partial charge on any atom is -0.493 e. The highest BCUT2D eigenvalue weighted by atomic mass is 16.5. The average molecular weight is 394 g/mol. The standard InChI is InChI=1S/C23H26N2O4/c1-13(2)16-7-6-8-17(14(3)4)22(16)29-20-10-9-15(11-21(20)28-5)18-12-19(23(26)27)25-24-18/h6-14H,1-5H3,(H,24,25)(H,26,27). The van der Waals surface area contributed by atoms with Gasteiger partial charge in [-0.1, -0.05) is 45.9 Å². The maximum atomic E-state index is 11.1. The fourth-order valence-electron chi connectivity index (χ4n) is 3.20. The lowest BCUT2D eigenvalue weighted by Gasteiger charge is -2.21. The van der Waals surface area contributed by atoms with Gasteiger partial charge in [0.1, 0.15) is 11.4 Å². The highest BCUT2D eigenvalue weighted by molar-refractivity contribution is 5.87. The minimum atomic E-state index is -1.05. The van der Waals surface area contributed by atoms with E-state index >= 15 is 0 Å². The van der Waals surface area contributed by atoms with Crippen molar-refractivity contribution in [1.82, 2.24) is 10.2 Å². The first-order chi connectivity index (χ1) is 13.8. The fourth-order valence-corrected chi connectivity index (χ4v) is 3.20. The lowest BCUT2D eigenvalue weighted by Crippen LogP contribution is -2.01. The summed E-state index contributed by atoms with van der Waals surface area (Å²) in [5, 5.41) is 15.7. The number of hydrogen-bond donors (Lipinski definition) is 2. The zero-order chi connectivity index (χ0) is 21.1. The van der Waals surface area contributed by atoms with Gasteiger partial charge < -0.3 is 14.6 Å². The van der Waals surface area contributed by atoms with Crippen molar-refractivity contribution in [3.8, 4) is 28.5 Å². The number of benzene rings is 2. The second-order valence-electron chi connectivity index (χ2n) is 7.51. The van der Waals surface area contributed by atoms with Crippen LogP contribution >= 0.6 is 0 Å². The maximum Gasteiger partial charge on any atom is 0.353 e. The lowest BCUT2D eigenvalue weighted by atomic mass is 9.94. The number of hydrogen-bond acceptors (Lipinski definition) is 4. The van der Waals surface area contributed by atoms with Gasteiger partial charge in [0.05, 0.1) is 12.8 Å². The molecular formula is C23H26N2O4. The van der Waals surface area contributed by atoms with Crippen LogP contribution in [0.1, 0.15) is 61.1 Å². The molecule has 152 valence electrons. The Hall–Kier alpha value is -3.28. The highest BCUT2D eigenvalue weighted by Crippen LogP contribution is 2.41. The van der Waals surface area contributed by atoms with Crippen LogP contribution in [0.4, 0.5) is 0 Å². The van der Waals surface area contributed by atoms with E-state index in [-0.39, 0.29) is 5.69 Å². The molecule has 29 heavy (non-hydrogen) atoms. The third-order valence-electron chi connectivity index (χ3n) is 4.80. The Morgan fingerprint density at radius 3 is 2.17 bits per heavy atom. The van der Waals surface area contributed by atoms with E-state index in [2.05, 4.69) is 56.1 Å². The van der Waals surface area contributed by atoms with Crippen LogP contribution in [0.3, 0.4) is 0 Å². The number of nitrogens with one attached hydrogen (secondary N) is 1. The SMILES string of the molecule is COc1cc(-c2cc(C(=O)O)[nH]n2)ccc1Oc1c(C(C)C)cccc1C(C)C. The largest absolute Gasteiger partial charge is 0.493 e. The summed E-state index contributed by atoms with van der Waals surface area (Å²) in [6.07, 6.45) is 0. The van der Waals surface area contributed by atoms with Crippen LogP contribution in [0.2, 0.25) is 0 Å². The number of H-pyrrole nitrogens is 1. The molecule has 0 amide bonds. The molecule has 0 aliphatic carbocycles. The molecule has 0 unspecified atom stereocenters. The number of rotatable bonds is 7. The molecule has 2 aromatic carbocycles. The number of nitrogens with zero attached hydrogens (tertiary/aromatic N) is 1. The third kappa shape index (κ3) is 4.26. The predicted octanol–water partition coefficient (Wildman–Crippen LogP) is 5.82. The summed E-state index contributed by atoms with van der Waals surface area (Å²) in [5.74, 6) is 1.58. The van der Waals surface area contributed by atoms with Gasteiger partial charge in [0, 0.05) is 5.56 Å². The van der Waals surface area contributed by atoms with Crippen molar-refractivity contribution in [2.24, 2.45) is 0 Å². The van der Waals surface area contributed by atoms with Crippen molar-refractivity contribution < 1.29 is 19.4 Å². The first-order valence-electron chi connectivity index (χ1n) is 9.59. The Kier molecular flexibility index (Phi) is 5.92. The van der Waals surface area contributed by atoms with E-state index < -0.39 is 5.97 Å². The molecule has 2 N–H and O–H groups in total. The molecule has 0 bridgehead atoms. The van der Waals surface area contributed by atoms with Gasteiger partial charge in [-0.25, -0.2) is 4.79 Å². The number of methoxy groups -OCH3 is 1. The van der Waals surface area contributed by atoms with Gasteiger partial charge in [-0.15, -0.1) is 0 Å². The normalized spacial score (nSPS) is 11.1. The maximum absolute atomic E-state index is 11.1. The van der Waals surface area contributed by atoms with Crippen molar-refractivity contribution in [3.63, 3.8) is 0 Å². The van der Waals surface area contributed by atoms with Crippen LogP contribution in [0.5, 0.6) is 17.2 Å². The van der Waals surface area contributed by atoms with E-state index in [4.69, 9.17) is 14.6 Å². The zero-order valence-electron chi connectivity index (χ0n) is 17.3. The second kappa shape index (κ2) is 8.39. The summed E-state index contributed by atoms with van der Waals surface area (Å²) in [6.45, 7) is 8.57. The Labute approximate surface area is 170 Å².